The molecule has 3 aromatic rings. The molecule has 0 fully saturated rings. The van der Waals surface area contributed by atoms with E-state index in [-0.39, 0.29) is 11.7 Å². The zero-order valence-corrected chi connectivity index (χ0v) is 15.6. The van der Waals surface area contributed by atoms with E-state index in [4.69, 9.17) is 5.73 Å². The van der Waals surface area contributed by atoms with Crippen LogP contribution in [0.3, 0.4) is 0 Å². The first kappa shape index (κ1) is 18.2. The average molecular weight is 387 g/mol. The largest absolute Gasteiger partial charge is 0.366 e. The van der Waals surface area contributed by atoms with E-state index in [1.807, 2.05) is 12.1 Å². The molecule has 9 heteroatoms. The minimum absolute atomic E-state index is 0.127. The van der Waals surface area contributed by atoms with Gasteiger partial charge in [0, 0.05) is 5.56 Å². The lowest BCUT2D eigenvalue weighted by Gasteiger charge is -2.03. The van der Waals surface area contributed by atoms with Gasteiger partial charge < -0.3 is 11.1 Å². The van der Waals surface area contributed by atoms with Crippen molar-refractivity contribution in [2.75, 3.05) is 11.1 Å². The third kappa shape index (κ3) is 4.30. The predicted molar refractivity (Wildman–Crippen MR) is 103 cm³/mol. The summed E-state index contributed by atoms with van der Waals surface area (Å²) < 4.78 is 0. The fraction of sp³-hybridized carbons (Fsp3) is 0.176. The van der Waals surface area contributed by atoms with Crippen molar-refractivity contribution in [3.8, 4) is 11.4 Å². The van der Waals surface area contributed by atoms with Crippen molar-refractivity contribution < 1.29 is 9.59 Å². The number of nitrogens with zero attached hydrogens (tertiary/aromatic N) is 2. The van der Waals surface area contributed by atoms with E-state index in [0.29, 0.717) is 21.5 Å². The molecule has 2 amide bonds. The molecule has 0 spiro atoms. The molecular weight excluding hydrogens is 370 g/mol. The number of nitrogens with one attached hydrogen (secondary N) is 2. The average Bonchev–Trinajstić information content (AvgIpc) is 3.29. The lowest BCUT2D eigenvalue weighted by molar-refractivity contribution is -0.113. The molecule has 0 bridgehead atoms. The Morgan fingerprint density at radius 2 is 2.04 bits per heavy atom. The molecule has 0 aliphatic rings. The van der Waals surface area contributed by atoms with Gasteiger partial charge in [0.15, 0.2) is 5.82 Å². The summed E-state index contributed by atoms with van der Waals surface area (Å²) in [6.07, 6.45) is 0.981. The van der Waals surface area contributed by atoms with Gasteiger partial charge in [-0.15, -0.1) is 16.4 Å². The van der Waals surface area contributed by atoms with Crippen LogP contribution in [-0.2, 0) is 11.2 Å². The van der Waals surface area contributed by atoms with E-state index in [1.165, 1.54) is 28.7 Å². The van der Waals surface area contributed by atoms with Gasteiger partial charge in [-0.05, 0) is 23.4 Å². The fourth-order valence-electron chi connectivity index (χ4n) is 2.23. The lowest BCUT2D eigenvalue weighted by atomic mass is 10.1. The molecule has 1 aromatic carbocycles. The lowest BCUT2D eigenvalue weighted by Crippen LogP contribution is -2.17. The van der Waals surface area contributed by atoms with Crippen LogP contribution in [-0.4, -0.2) is 32.7 Å². The standard InChI is InChI=1S/C17H17N5O2S2/c1-2-10-3-5-11(6-4-10)15-20-17(22-21-15)26-9-13(23)19-16-12(14(18)24)7-8-25-16/h3-8H,2,9H2,1H3,(H2,18,24)(H,19,23)(H,20,21,22). The summed E-state index contributed by atoms with van der Waals surface area (Å²) in [6.45, 7) is 2.10. The number of hydrogen-bond acceptors (Lipinski definition) is 6. The number of hydrogen-bond donors (Lipinski definition) is 3. The van der Waals surface area contributed by atoms with Crippen LogP contribution in [0.25, 0.3) is 11.4 Å². The number of benzene rings is 1. The van der Waals surface area contributed by atoms with Crippen molar-refractivity contribution in [2.45, 2.75) is 18.5 Å². The molecule has 7 nitrogen and oxygen atoms in total. The Hall–Kier alpha value is -2.65. The van der Waals surface area contributed by atoms with Gasteiger partial charge in [-0.25, -0.2) is 4.98 Å². The minimum atomic E-state index is -0.568. The van der Waals surface area contributed by atoms with Crippen LogP contribution >= 0.6 is 23.1 Å². The van der Waals surface area contributed by atoms with Crippen LogP contribution in [0.1, 0.15) is 22.8 Å². The zero-order chi connectivity index (χ0) is 18.5. The Morgan fingerprint density at radius 1 is 1.27 bits per heavy atom. The quantitative estimate of drug-likeness (QED) is 0.539. The van der Waals surface area contributed by atoms with Gasteiger partial charge in [-0.3, -0.25) is 14.7 Å². The van der Waals surface area contributed by atoms with Crippen LogP contribution in [0.15, 0.2) is 40.9 Å². The van der Waals surface area contributed by atoms with E-state index in [1.54, 1.807) is 11.4 Å². The minimum Gasteiger partial charge on any atom is -0.366 e. The number of rotatable bonds is 7. The summed E-state index contributed by atoms with van der Waals surface area (Å²) in [5, 5.41) is 12.3. The normalized spacial score (nSPS) is 10.7. The summed E-state index contributed by atoms with van der Waals surface area (Å²) in [5.41, 5.74) is 7.77. The first-order chi connectivity index (χ1) is 12.6. The number of aromatic nitrogens is 3. The highest BCUT2D eigenvalue weighted by molar-refractivity contribution is 7.99. The maximum Gasteiger partial charge on any atom is 0.251 e. The zero-order valence-electron chi connectivity index (χ0n) is 14.0. The molecule has 0 unspecified atom stereocenters. The van der Waals surface area contributed by atoms with Crippen LogP contribution in [0, 0.1) is 0 Å². The Labute approximate surface area is 158 Å². The highest BCUT2D eigenvalue weighted by atomic mass is 32.2. The molecule has 0 saturated heterocycles. The highest BCUT2D eigenvalue weighted by Crippen LogP contribution is 2.24. The van der Waals surface area contributed by atoms with Crippen LogP contribution < -0.4 is 11.1 Å². The molecule has 2 heterocycles. The number of anilines is 1. The first-order valence-corrected chi connectivity index (χ1v) is 9.75. The second kappa shape index (κ2) is 8.15. The number of aromatic amines is 1. The molecule has 0 aliphatic carbocycles. The van der Waals surface area contributed by atoms with Crippen molar-refractivity contribution in [1.29, 1.82) is 0 Å². The number of carbonyl (C=O) groups is 2. The van der Waals surface area contributed by atoms with Crippen molar-refractivity contribution in [3.63, 3.8) is 0 Å². The first-order valence-electron chi connectivity index (χ1n) is 7.88. The summed E-state index contributed by atoms with van der Waals surface area (Å²) >= 11 is 2.46. The monoisotopic (exact) mass is 387 g/mol. The topological polar surface area (TPSA) is 114 Å². The number of thiophene rings is 1. The summed E-state index contributed by atoms with van der Waals surface area (Å²) in [6, 6.07) is 9.66. The summed E-state index contributed by atoms with van der Waals surface area (Å²) in [7, 11) is 0. The summed E-state index contributed by atoms with van der Waals surface area (Å²) in [5.74, 6) is -0.0346. The van der Waals surface area contributed by atoms with Crippen molar-refractivity contribution in [3.05, 3.63) is 46.8 Å². The Kier molecular flexibility index (Phi) is 5.69. The molecule has 26 heavy (non-hydrogen) atoms. The van der Waals surface area contributed by atoms with Crippen molar-refractivity contribution in [1.82, 2.24) is 15.2 Å². The number of carbonyl (C=O) groups excluding carboxylic acids is 2. The number of amides is 2. The maximum absolute atomic E-state index is 12.1. The fourth-order valence-corrected chi connectivity index (χ4v) is 3.64. The summed E-state index contributed by atoms with van der Waals surface area (Å²) in [4.78, 5) is 27.7. The Bertz CT molecular complexity index is 917. The number of aryl methyl sites for hydroxylation is 1. The van der Waals surface area contributed by atoms with E-state index in [9.17, 15) is 9.59 Å². The third-order valence-corrected chi connectivity index (χ3v) is 5.29. The third-order valence-electron chi connectivity index (χ3n) is 3.62. The van der Waals surface area contributed by atoms with Crippen LogP contribution in [0.5, 0.6) is 0 Å². The molecule has 2 aromatic heterocycles. The second-order valence-electron chi connectivity index (χ2n) is 5.38. The van der Waals surface area contributed by atoms with Crippen LogP contribution in [0.4, 0.5) is 5.00 Å². The smallest absolute Gasteiger partial charge is 0.251 e. The van der Waals surface area contributed by atoms with E-state index >= 15 is 0 Å². The van der Waals surface area contributed by atoms with Gasteiger partial charge in [0.1, 0.15) is 5.00 Å². The molecule has 0 radical (unpaired) electrons. The molecular formula is C17H17N5O2S2. The SMILES string of the molecule is CCc1ccc(-c2nc(SCC(=O)Nc3sccc3C(N)=O)n[nH]2)cc1. The van der Waals surface area contributed by atoms with Gasteiger partial charge >= 0.3 is 0 Å². The van der Waals surface area contributed by atoms with Gasteiger partial charge in [0.25, 0.3) is 5.91 Å². The molecule has 0 saturated carbocycles. The van der Waals surface area contributed by atoms with Crippen molar-refractivity contribution in [2.24, 2.45) is 5.73 Å². The van der Waals surface area contributed by atoms with E-state index in [2.05, 4.69) is 39.6 Å². The van der Waals surface area contributed by atoms with Crippen molar-refractivity contribution >= 4 is 39.9 Å². The van der Waals surface area contributed by atoms with Crippen LogP contribution in [0.2, 0.25) is 0 Å². The van der Waals surface area contributed by atoms with Gasteiger partial charge in [0.05, 0.1) is 11.3 Å². The maximum atomic E-state index is 12.1. The molecule has 134 valence electrons. The molecule has 0 aliphatic heterocycles. The number of primary amides is 1. The molecule has 0 atom stereocenters. The predicted octanol–water partition coefficient (Wildman–Crippen LogP) is 2.93. The Balaban J connectivity index is 1.58. The second-order valence-corrected chi connectivity index (χ2v) is 7.24. The molecule has 3 rings (SSSR count). The van der Waals surface area contributed by atoms with E-state index < -0.39 is 5.91 Å². The van der Waals surface area contributed by atoms with E-state index in [0.717, 1.165) is 12.0 Å². The molecule has 4 N–H and O–H groups in total. The number of nitrogens with two attached hydrogens (primary N) is 1. The van der Waals surface area contributed by atoms with Gasteiger partial charge in [0.2, 0.25) is 11.1 Å². The number of thioether (sulfide) groups is 1. The Morgan fingerprint density at radius 3 is 2.73 bits per heavy atom. The highest BCUT2D eigenvalue weighted by Gasteiger charge is 2.14. The van der Waals surface area contributed by atoms with Gasteiger partial charge in [-0.1, -0.05) is 43.0 Å². The number of H-pyrrole nitrogens is 1. The van der Waals surface area contributed by atoms with Gasteiger partial charge in [-0.2, -0.15) is 0 Å².